The Bertz CT molecular complexity index is 176. The molecule has 0 amide bonds. The van der Waals surface area contributed by atoms with E-state index in [2.05, 4.69) is 31.0 Å². The minimum atomic E-state index is 0.647. The van der Waals surface area contributed by atoms with E-state index < -0.39 is 0 Å². The Morgan fingerprint density at radius 1 is 1.00 bits per heavy atom. The fourth-order valence-corrected chi connectivity index (χ4v) is 2.85. The standard InChI is InChI=1S/C15H32N2/c1-4-5-6-7-10-14(2)16-15(3)13-17-11-8-9-12-17/h14-16H,4-13H2,1-3H3. The van der Waals surface area contributed by atoms with Crippen molar-refractivity contribution in [3.63, 3.8) is 0 Å². The van der Waals surface area contributed by atoms with Crippen LogP contribution in [0.1, 0.15) is 65.7 Å². The number of likely N-dealkylation sites (tertiary alicyclic amines) is 1. The Kier molecular flexibility index (Phi) is 7.87. The van der Waals surface area contributed by atoms with Crippen LogP contribution in [0, 0.1) is 0 Å². The smallest absolute Gasteiger partial charge is 0.0169 e. The molecular weight excluding hydrogens is 208 g/mol. The molecule has 0 bridgehead atoms. The van der Waals surface area contributed by atoms with Gasteiger partial charge in [0.25, 0.3) is 0 Å². The molecule has 1 aliphatic rings. The summed E-state index contributed by atoms with van der Waals surface area (Å²) < 4.78 is 0. The van der Waals surface area contributed by atoms with E-state index in [1.54, 1.807) is 0 Å². The molecule has 2 unspecified atom stereocenters. The monoisotopic (exact) mass is 240 g/mol. The first-order chi connectivity index (χ1) is 8.22. The van der Waals surface area contributed by atoms with E-state index in [9.17, 15) is 0 Å². The minimum Gasteiger partial charge on any atom is -0.311 e. The quantitative estimate of drug-likeness (QED) is 0.621. The van der Waals surface area contributed by atoms with Crippen LogP contribution in [0.25, 0.3) is 0 Å². The normalized spacial score (nSPS) is 20.6. The number of rotatable bonds is 9. The third-order valence-corrected chi connectivity index (χ3v) is 3.79. The van der Waals surface area contributed by atoms with Crippen LogP contribution in [0.4, 0.5) is 0 Å². The van der Waals surface area contributed by atoms with Gasteiger partial charge in [0.05, 0.1) is 0 Å². The van der Waals surface area contributed by atoms with E-state index >= 15 is 0 Å². The molecule has 1 aliphatic heterocycles. The molecule has 0 aromatic heterocycles. The van der Waals surface area contributed by atoms with E-state index in [-0.39, 0.29) is 0 Å². The molecule has 0 aromatic rings. The first-order valence-electron chi connectivity index (χ1n) is 7.70. The van der Waals surface area contributed by atoms with Gasteiger partial charge in [-0.05, 0) is 46.2 Å². The van der Waals surface area contributed by atoms with E-state index in [1.807, 2.05) is 0 Å². The largest absolute Gasteiger partial charge is 0.311 e. The molecule has 1 N–H and O–H groups in total. The van der Waals surface area contributed by atoms with Gasteiger partial charge in [-0.2, -0.15) is 0 Å². The summed E-state index contributed by atoms with van der Waals surface area (Å²) in [5.41, 5.74) is 0. The SMILES string of the molecule is CCCCCCC(C)NC(C)CN1CCCC1. The summed E-state index contributed by atoms with van der Waals surface area (Å²) in [5.74, 6) is 0. The predicted octanol–water partition coefficient (Wildman–Crippen LogP) is 3.42. The maximum Gasteiger partial charge on any atom is 0.0169 e. The number of unbranched alkanes of at least 4 members (excludes halogenated alkanes) is 3. The third-order valence-electron chi connectivity index (χ3n) is 3.79. The summed E-state index contributed by atoms with van der Waals surface area (Å²) in [6.45, 7) is 10.8. The first kappa shape index (κ1) is 15.0. The van der Waals surface area contributed by atoms with Gasteiger partial charge in [0.15, 0.2) is 0 Å². The molecule has 2 atom stereocenters. The second kappa shape index (κ2) is 8.93. The van der Waals surface area contributed by atoms with Gasteiger partial charge in [-0.15, -0.1) is 0 Å². The highest BCUT2D eigenvalue weighted by molar-refractivity contribution is 4.74. The van der Waals surface area contributed by atoms with Crippen molar-refractivity contribution in [2.24, 2.45) is 0 Å². The van der Waals surface area contributed by atoms with Gasteiger partial charge in [-0.25, -0.2) is 0 Å². The maximum absolute atomic E-state index is 3.74. The second-order valence-electron chi connectivity index (χ2n) is 5.83. The summed E-state index contributed by atoms with van der Waals surface area (Å²) in [4.78, 5) is 2.60. The lowest BCUT2D eigenvalue weighted by atomic mass is 10.1. The molecule has 102 valence electrons. The molecule has 2 heteroatoms. The third kappa shape index (κ3) is 7.05. The molecule has 2 nitrogen and oxygen atoms in total. The zero-order chi connectivity index (χ0) is 12.5. The summed E-state index contributed by atoms with van der Waals surface area (Å²) in [5, 5.41) is 3.74. The molecule has 1 saturated heterocycles. The van der Waals surface area contributed by atoms with Crippen LogP contribution < -0.4 is 5.32 Å². The van der Waals surface area contributed by atoms with Crippen molar-refractivity contribution in [1.82, 2.24) is 10.2 Å². The molecule has 0 aliphatic carbocycles. The summed E-state index contributed by atoms with van der Waals surface area (Å²) in [6.07, 6.45) is 9.67. The first-order valence-corrected chi connectivity index (χ1v) is 7.70. The van der Waals surface area contributed by atoms with Crippen molar-refractivity contribution >= 4 is 0 Å². The lowest BCUT2D eigenvalue weighted by Crippen LogP contribution is -2.42. The predicted molar refractivity (Wildman–Crippen MR) is 76.5 cm³/mol. The average Bonchev–Trinajstić information content (AvgIpc) is 2.77. The van der Waals surface area contributed by atoms with Crippen LogP contribution in [-0.2, 0) is 0 Å². The Morgan fingerprint density at radius 2 is 1.71 bits per heavy atom. The zero-order valence-electron chi connectivity index (χ0n) is 12.2. The van der Waals surface area contributed by atoms with Gasteiger partial charge < -0.3 is 10.2 Å². The van der Waals surface area contributed by atoms with Crippen molar-refractivity contribution < 1.29 is 0 Å². The van der Waals surface area contributed by atoms with Crippen LogP contribution in [0.15, 0.2) is 0 Å². The van der Waals surface area contributed by atoms with Gasteiger partial charge in [0, 0.05) is 18.6 Å². The van der Waals surface area contributed by atoms with Crippen LogP contribution in [0.3, 0.4) is 0 Å². The van der Waals surface area contributed by atoms with Crippen LogP contribution >= 0.6 is 0 Å². The van der Waals surface area contributed by atoms with Gasteiger partial charge in [-0.3, -0.25) is 0 Å². The van der Waals surface area contributed by atoms with Crippen molar-refractivity contribution in [1.29, 1.82) is 0 Å². The summed E-state index contributed by atoms with van der Waals surface area (Å²) >= 11 is 0. The van der Waals surface area contributed by atoms with Crippen LogP contribution in [0.5, 0.6) is 0 Å². The molecule has 0 saturated carbocycles. The maximum atomic E-state index is 3.74. The Balaban J connectivity index is 2.01. The van der Waals surface area contributed by atoms with Gasteiger partial charge in [0.2, 0.25) is 0 Å². The highest BCUT2D eigenvalue weighted by Gasteiger charge is 2.15. The average molecular weight is 240 g/mol. The molecule has 0 aromatic carbocycles. The highest BCUT2D eigenvalue weighted by atomic mass is 15.2. The minimum absolute atomic E-state index is 0.647. The summed E-state index contributed by atoms with van der Waals surface area (Å²) in [6, 6.07) is 1.33. The fourth-order valence-electron chi connectivity index (χ4n) is 2.85. The topological polar surface area (TPSA) is 15.3 Å². The number of hydrogen-bond donors (Lipinski definition) is 1. The highest BCUT2D eigenvalue weighted by Crippen LogP contribution is 2.09. The van der Waals surface area contributed by atoms with Crippen LogP contribution in [-0.4, -0.2) is 36.6 Å². The van der Waals surface area contributed by atoms with E-state index in [0.717, 1.165) is 0 Å². The van der Waals surface area contributed by atoms with Gasteiger partial charge in [0.1, 0.15) is 0 Å². The van der Waals surface area contributed by atoms with E-state index in [0.29, 0.717) is 12.1 Å². The Labute approximate surface area is 108 Å². The molecule has 0 spiro atoms. The van der Waals surface area contributed by atoms with Crippen molar-refractivity contribution in [3.8, 4) is 0 Å². The number of hydrogen-bond acceptors (Lipinski definition) is 2. The van der Waals surface area contributed by atoms with E-state index in [1.165, 1.54) is 64.6 Å². The van der Waals surface area contributed by atoms with Gasteiger partial charge >= 0.3 is 0 Å². The Hall–Kier alpha value is -0.0800. The lowest BCUT2D eigenvalue weighted by molar-refractivity contribution is 0.284. The Morgan fingerprint density at radius 3 is 2.35 bits per heavy atom. The van der Waals surface area contributed by atoms with Gasteiger partial charge in [-0.1, -0.05) is 32.6 Å². The zero-order valence-corrected chi connectivity index (χ0v) is 12.2. The molecule has 0 radical (unpaired) electrons. The van der Waals surface area contributed by atoms with Crippen molar-refractivity contribution in [2.45, 2.75) is 77.8 Å². The van der Waals surface area contributed by atoms with Crippen molar-refractivity contribution in [2.75, 3.05) is 19.6 Å². The summed E-state index contributed by atoms with van der Waals surface area (Å²) in [7, 11) is 0. The molecule has 1 rings (SSSR count). The number of nitrogens with zero attached hydrogens (tertiary/aromatic N) is 1. The van der Waals surface area contributed by atoms with Crippen LogP contribution in [0.2, 0.25) is 0 Å². The van der Waals surface area contributed by atoms with E-state index in [4.69, 9.17) is 0 Å². The lowest BCUT2D eigenvalue weighted by Gasteiger charge is -2.24. The van der Waals surface area contributed by atoms with Crippen molar-refractivity contribution in [3.05, 3.63) is 0 Å². The second-order valence-corrected chi connectivity index (χ2v) is 5.83. The molecular formula is C15H32N2. The molecule has 1 fully saturated rings. The molecule has 1 heterocycles. The molecule has 17 heavy (non-hydrogen) atoms. The number of nitrogens with one attached hydrogen (secondary N) is 1. The fraction of sp³-hybridized carbons (Fsp3) is 1.00.